The minimum absolute atomic E-state index is 0.0512. The minimum atomic E-state index is -0.275. The van der Waals surface area contributed by atoms with E-state index in [0.717, 1.165) is 5.01 Å². The van der Waals surface area contributed by atoms with Gasteiger partial charge in [0.2, 0.25) is 5.91 Å². The molecule has 0 aromatic heterocycles. The molecule has 1 amide bonds. The molecule has 0 aliphatic rings. The Morgan fingerprint density at radius 1 is 1.44 bits per heavy atom. The summed E-state index contributed by atoms with van der Waals surface area (Å²) in [6, 6.07) is 3.23. The van der Waals surface area contributed by atoms with Crippen LogP contribution in [0.1, 0.15) is 5.56 Å². The van der Waals surface area contributed by atoms with Gasteiger partial charge in [0.15, 0.2) is 0 Å². The van der Waals surface area contributed by atoms with Crippen molar-refractivity contribution in [1.82, 2.24) is 5.01 Å². The van der Waals surface area contributed by atoms with Crippen LogP contribution < -0.4 is 10.6 Å². The Hall–Kier alpha value is -0.970. The molecule has 16 heavy (non-hydrogen) atoms. The van der Waals surface area contributed by atoms with Gasteiger partial charge in [0.05, 0.1) is 18.6 Å². The molecule has 6 heteroatoms. The molecular weight excluding hydrogens is 251 g/mol. The highest BCUT2D eigenvalue weighted by atomic mass is 35.5. The van der Waals surface area contributed by atoms with Gasteiger partial charge in [-0.3, -0.25) is 9.80 Å². The smallest absolute Gasteiger partial charge is 0.240 e. The molecule has 0 bridgehead atoms. The van der Waals surface area contributed by atoms with Gasteiger partial charge in [0.25, 0.3) is 0 Å². The van der Waals surface area contributed by atoms with Crippen molar-refractivity contribution in [3.63, 3.8) is 0 Å². The molecule has 0 saturated heterocycles. The van der Waals surface area contributed by atoms with E-state index in [9.17, 15) is 4.79 Å². The molecule has 1 aromatic rings. The van der Waals surface area contributed by atoms with E-state index in [1.54, 1.807) is 12.1 Å². The highest BCUT2D eigenvalue weighted by Gasteiger charge is 2.16. The first-order chi connectivity index (χ1) is 7.47. The van der Waals surface area contributed by atoms with Crippen molar-refractivity contribution in [3.05, 3.63) is 27.7 Å². The van der Waals surface area contributed by atoms with Crippen LogP contribution in [0.2, 0.25) is 10.0 Å². The third kappa shape index (κ3) is 2.78. The molecule has 88 valence electrons. The Balaban J connectivity index is 3.11. The number of rotatable bonds is 3. The van der Waals surface area contributed by atoms with Gasteiger partial charge in [-0.15, -0.1) is 0 Å². The number of nitrogens with zero attached hydrogens (tertiary/aromatic N) is 1. The molecule has 0 aliphatic carbocycles. The molecule has 0 fully saturated rings. The summed E-state index contributed by atoms with van der Waals surface area (Å²) < 4.78 is 5.11. The van der Waals surface area contributed by atoms with E-state index in [1.165, 1.54) is 14.2 Å². The molecule has 0 aliphatic heterocycles. The Labute approximate surface area is 104 Å². The lowest BCUT2D eigenvalue weighted by Crippen LogP contribution is -2.34. The number of benzene rings is 1. The van der Waals surface area contributed by atoms with Gasteiger partial charge in [0, 0.05) is 17.6 Å². The second-order valence-corrected chi connectivity index (χ2v) is 4.04. The zero-order valence-corrected chi connectivity index (χ0v) is 10.5. The Morgan fingerprint density at radius 3 is 2.50 bits per heavy atom. The van der Waals surface area contributed by atoms with Crippen molar-refractivity contribution < 1.29 is 9.53 Å². The highest BCUT2D eigenvalue weighted by Crippen LogP contribution is 2.34. The molecule has 0 heterocycles. The van der Waals surface area contributed by atoms with Gasteiger partial charge in [0.1, 0.15) is 5.75 Å². The number of hydrazine groups is 1. The standard InChI is InChI=1S/C10H12Cl2N2O2/c1-14(13)9(15)5-6-7(11)3-4-8(12)10(6)16-2/h3-4H,5,13H2,1-2H3. The zero-order valence-electron chi connectivity index (χ0n) is 8.96. The Morgan fingerprint density at radius 2 is 2.00 bits per heavy atom. The first-order valence-corrected chi connectivity index (χ1v) is 5.25. The lowest BCUT2D eigenvalue weighted by atomic mass is 10.1. The SMILES string of the molecule is COc1c(Cl)ccc(Cl)c1CC(=O)N(C)N. The number of nitrogens with two attached hydrogens (primary N) is 1. The molecule has 0 spiro atoms. The fourth-order valence-electron chi connectivity index (χ4n) is 1.24. The summed E-state index contributed by atoms with van der Waals surface area (Å²) in [5.74, 6) is 5.46. The quantitative estimate of drug-likeness (QED) is 0.514. The first kappa shape index (κ1) is 13.1. The molecule has 1 rings (SSSR count). The van der Waals surface area contributed by atoms with Gasteiger partial charge in [-0.25, -0.2) is 5.84 Å². The Kier molecular flexibility index (Phi) is 4.41. The van der Waals surface area contributed by atoms with E-state index >= 15 is 0 Å². The predicted molar refractivity (Wildman–Crippen MR) is 63.7 cm³/mol. The largest absolute Gasteiger partial charge is 0.495 e. The highest BCUT2D eigenvalue weighted by molar-refractivity contribution is 6.35. The fraction of sp³-hybridized carbons (Fsp3) is 0.300. The first-order valence-electron chi connectivity index (χ1n) is 4.49. The number of carbonyl (C=O) groups excluding carboxylic acids is 1. The van der Waals surface area contributed by atoms with Crippen molar-refractivity contribution in [3.8, 4) is 5.75 Å². The number of hydrogen-bond acceptors (Lipinski definition) is 3. The number of likely N-dealkylation sites (N-methyl/N-ethyl adjacent to an activating group) is 1. The van der Waals surface area contributed by atoms with E-state index in [2.05, 4.69) is 0 Å². The van der Waals surface area contributed by atoms with Crippen LogP contribution in [0.3, 0.4) is 0 Å². The zero-order chi connectivity index (χ0) is 12.3. The van der Waals surface area contributed by atoms with Gasteiger partial charge >= 0.3 is 0 Å². The summed E-state index contributed by atoms with van der Waals surface area (Å²) in [7, 11) is 2.94. The molecule has 0 atom stereocenters. The van der Waals surface area contributed by atoms with Gasteiger partial charge in [-0.2, -0.15) is 0 Å². The monoisotopic (exact) mass is 262 g/mol. The van der Waals surface area contributed by atoms with E-state index in [1.807, 2.05) is 0 Å². The summed E-state index contributed by atoms with van der Waals surface area (Å²) in [5, 5.41) is 1.84. The maximum Gasteiger partial charge on any atom is 0.240 e. The van der Waals surface area contributed by atoms with Crippen LogP contribution >= 0.6 is 23.2 Å². The lowest BCUT2D eigenvalue weighted by Gasteiger charge is -2.14. The van der Waals surface area contributed by atoms with Crippen molar-refractivity contribution in [2.24, 2.45) is 5.84 Å². The number of hydrogen-bond donors (Lipinski definition) is 1. The molecular formula is C10H12Cl2N2O2. The predicted octanol–water partition coefficient (Wildman–Crippen LogP) is 1.88. The molecule has 4 nitrogen and oxygen atoms in total. The minimum Gasteiger partial charge on any atom is -0.495 e. The number of amides is 1. The number of halogens is 2. The Bertz CT molecular complexity index is 408. The average molecular weight is 263 g/mol. The third-order valence-corrected chi connectivity index (χ3v) is 2.73. The summed E-state index contributed by atoms with van der Waals surface area (Å²) in [4.78, 5) is 11.5. The van der Waals surface area contributed by atoms with Crippen LogP contribution in [0.15, 0.2) is 12.1 Å². The molecule has 0 saturated carbocycles. The van der Waals surface area contributed by atoms with Gasteiger partial charge in [-0.1, -0.05) is 23.2 Å². The molecule has 0 radical (unpaired) electrons. The third-order valence-electron chi connectivity index (χ3n) is 2.08. The topological polar surface area (TPSA) is 55.6 Å². The van der Waals surface area contributed by atoms with Crippen LogP contribution in [0, 0.1) is 0 Å². The van der Waals surface area contributed by atoms with Gasteiger partial charge < -0.3 is 4.74 Å². The summed E-state index contributed by atoms with van der Waals surface area (Å²) in [5.41, 5.74) is 0.541. The van der Waals surface area contributed by atoms with Crippen molar-refractivity contribution in [2.75, 3.05) is 14.2 Å². The summed E-state index contributed by atoms with van der Waals surface area (Å²) in [6.07, 6.45) is 0.0512. The van der Waals surface area contributed by atoms with E-state index < -0.39 is 0 Å². The summed E-state index contributed by atoms with van der Waals surface area (Å²) >= 11 is 11.9. The summed E-state index contributed by atoms with van der Waals surface area (Å²) in [6.45, 7) is 0. The van der Waals surface area contributed by atoms with E-state index in [-0.39, 0.29) is 12.3 Å². The van der Waals surface area contributed by atoms with Crippen molar-refractivity contribution in [1.29, 1.82) is 0 Å². The maximum absolute atomic E-state index is 11.5. The van der Waals surface area contributed by atoms with Crippen LogP contribution in [0.4, 0.5) is 0 Å². The maximum atomic E-state index is 11.5. The number of methoxy groups -OCH3 is 1. The second kappa shape index (κ2) is 5.39. The average Bonchev–Trinajstić information content (AvgIpc) is 2.23. The van der Waals surface area contributed by atoms with Crippen LogP contribution in [0.25, 0.3) is 0 Å². The van der Waals surface area contributed by atoms with Crippen LogP contribution in [0.5, 0.6) is 5.75 Å². The van der Waals surface area contributed by atoms with Crippen molar-refractivity contribution >= 4 is 29.1 Å². The number of ether oxygens (including phenoxy) is 1. The van der Waals surface area contributed by atoms with E-state index in [4.69, 9.17) is 33.8 Å². The van der Waals surface area contributed by atoms with E-state index in [0.29, 0.717) is 21.4 Å². The fourth-order valence-corrected chi connectivity index (χ4v) is 1.71. The van der Waals surface area contributed by atoms with Crippen molar-refractivity contribution in [2.45, 2.75) is 6.42 Å². The number of carbonyl (C=O) groups is 1. The van der Waals surface area contributed by atoms with Crippen LogP contribution in [-0.4, -0.2) is 25.1 Å². The van der Waals surface area contributed by atoms with Crippen LogP contribution in [-0.2, 0) is 11.2 Å². The normalized spacial score (nSPS) is 10.1. The molecule has 0 unspecified atom stereocenters. The lowest BCUT2D eigenvalue weighted by molar-refractivity contribution is -0.129. The molecule has 2 N–H and O–H groups in total. The second-order valence-electron chi connectivity index (χ2n) is 3.22. The van der Waals surface area contributed by atoms with Gasteiger partial charge in [-0.05, 0) is 12.1 Å². The molecule has 1 aromatic carbocycles.